The molecule has 3 rings (SSSR count). The number of carbonyl (C=O) groups excluding carboxylic acids is 1. The maximum absolute atomic E-state index is 12.4. The van der Waals surface area contributed by atoms with Crippen LogP contribution in [-0.2, 0) is 0 Å². The largest absolute Gasteiger partial charge is 0.349 e. The van der Waals surface area contributed by atoms with E-state index >= 15 is 0 Å². The molecule has 0 aliphatic carbocycles. The minimum absolute atomic E-state index is 0.0859. The fraction of sp³-hybridized carbons (Fsp3) is 0.500. The van der Waals surface area contributed by atoms with Crippen LogP contribution in [0, 0.1) is 6.92 Å². The number of hydrogen-bond donors (Lipinski definition) is 2. The molecular formula is C14H19N5O. The van der Waals surface area contributed by atoms with Crippen LogP contribution in [0.25, 0.3) is 5.65 Å². The molecule has 1 aliphatic heterocycles. The third-order valence-corrected chi connectivity index (χ3v) is 3.71. The van der Waals surface area contributed by atoms with Gasteiger partial charge in [0.15, 0.2) is 5.65 Å². The summed E-state index contributed by atoms with van der Waals surface area (Å²) in [6.45, 7) is 4.99. The van der Waals surface area contributed by atoms with Gasteiger partial charge in [0.2, 0.25) is 0 Å². The summed E-state index contributed by atoms with van der Waals surface area (Å²) in [4.78, 5) is 16.8. The van der Waals surface area contributed by atoms with Gasteiger partial charge in [0, 0.05) is 24.0 Å². The number of aryl methyl sites for hydroxylation is 1. The van der Waals surface area contributed by atoms with Gasteiger partial charge in [-0.05, 0) is 39.3 Å². The van der Waals surface area contributed by atoms with Crippen LogP contribution >= 0.6 is 0 Å². The molecule has 1 aliphatic rings. The van der Waals surface area contributed by atoms with Crippen LogP contribution in [0.1, 0.15) is 35.8 Å². The molecule has 106 valence electrons. The number of carbonyl (C=O) groups is 1. The lowest BCUT2D eigenvalue weighted by Crippen LogP contribution is -2.46. The molecule has 2 unspecified atom stereocenters. The second-order valence-corrected chi connectivity index (χ2v) is 5.45. The van der Waals surface area contributed by atoms with Crippen molar-refractivity contribution < 1.29 is 4.79 Å². The Morgan fingerprint density at radius 1 is 1.55 bits per heavy atom. The molecule has 6 nitrogen and oxygen atoms in total. The number of rotatable bonds is 2. The van der Waals surface area contributed by atoms with Crippen LogP contribution in [0.3, 0.4) is 0 Å². The van der Waals surface area contributed by atoms with Crippen molar-refractivity contribution in [3.63, 3.8) is 0 Å². The fourth-order valence-corrected chi connectivity index (χ4v) is 2.65. The summed E-state index contributed by atoms with van der Waals surface area (Å²) in [6.07, 6.45) is 5.32. The van der Waals surface area contributed by atoms with E-state index in [4.69, 9.17) is 0 Å². The third-order valence-electron chi connectivity index (χ3n) is 3.71. The van der Waals surface area contributed by atoms with Crippen molar-refractivity contribution in [2.45, 2.75) is 38.8 Å². The summed E-state index contributed by atoms with van der Waals surface area (Å²) >= 11 is 0. The first-order valence-electron chi connectivity index (χ1n) is 6.99. The molecular weight excluding hydrogens is 254 g/mol. The van der Waals surface area contributed by atoms with E-state index in [1.165, 1.54) is 0 Å². The normalized spacial score (nSPS) is 22.9. The number of piperidine rings is 1. The first-order chi connectivity index (χ1) is 9.63. The molecule has 2 atom stereocenters. The molecule has 2 aromatic rings. The van der Waals surface area contributed by atoms with Gasteiger partial charge >= 0.3 is 0 Å². The Morgan fingerprint density at radius 3 is 3.20 bits per heavy atom. The van der Waals surface area contributed by atoms with Crippen molar-refractivity contribution >= 4 is 11.6 Å². The summed E-state index contributed by atoms with van der Waals surface area (Å²) in [5, 5.41) is 10.6. The highest BCUT2D eigenvalue weighted by Crippen LogP contribution is 2.12. The van der Waals surface area contributed by atoms with E-state index in [9.17, 15) is 4.79 Å². The number of nitrogens with zero attached hydrogens (tertiary/aromatic N) is 3. The van der Waals surface area contributed by atoms with Crippen molar-refractivity contribution in [1.82, 2.24) is 25.2 Å². The van der Waals surface area contributed by atoms with Crippen LogP contribution in [0.5, 0.6) is 0 Å². The Hall–Kier alpha value is -1.95. The third kappa shape index (κ3) is 2.51. The van der Waals surface area contributed by atoms with E-state index in [0.717, 1.165) is 25.1 Å². The lowest BCUT2D eigenvalue weighted by Gasteiger charge is -2.28. The van der Waals surface area contributed by atoms with Crippen molar-refractivity contribution in [3.8, 4) is 0 Å². The average Bonchev–Trinajstić information content (AvgIpc) is 2.81. The van der Waals surface area contributed by atoms with Crippen molar-refractivity contribution in [3.05, 3.63) is 29.7 Å². The molecule has 1 fully saturated rings. The van der Waals surface area contributed by atoms with Crippen LogP contribution in [0.4, 0.5) is 0 Å². The summed E-state index contributed by atoms with van der Waals surface area (Å²) in [6, 6.07) is 2.53. The molecule has 0 spiro atoms. The molecule has 6 heteroatoms. The smallest absolute Gasteiger partial charge is 0.256 e. The average molecular weight is 273 g/mol. The summed E-state index contributed by atoms with van der Waals surface area (Å²) in [5.41, 5.74) is 2.03. The van der Waals surface area contributed by atoms with Gasteiger partial charge in [0.25, 0.3) is 5.91 Å². The van der Waals surface area contributed by atoms with E-state index in [1.54, 1.807) is 10.7 Å². The first kappa shape index (κ1) is 13.1. The molecule has 20 heavy (non-hydrogen) atoms. The Labute approximate surface area is 117 Å². The van der Waals surface area contributed by atoms with Crippen LogP contribution in [-0.4, -0.2) is 39.1 Å². The molecule has 1 saturated heterocycles. The zero-order chi connectivity index (χ0) is 14.1. The number of nitrogens with one attached hydrogen (secondary N) is 2. The van der Waals surface area contributed by atoms with Gasteiger partial charge in [-0.15, -0.1) is 0 Å². The van der Waals surface area contributed by atoms with Crippen LogP contribution in [0.15, 0.2) is 18.5 Å². The van der Waals surface area contributed by atoms with E-state index < -0.39 is 0 Å². The number of amides is 1. The quantitative estimate of drug-likeness (QED) is 0.853. The van der Waals surface area contributed by atoms with Crippen molar-refractivity contribution in [2.24, 2.45) is 0 Å². The van der Waals surface area contributed by atoms with E-state index in [-0.39, 0.29) is 11.9 Å². The molecule has 0 saturated carbocycles. The molecule has 2 N–H and O–H groups in total. The van der Waals surface area contributed by atoms with Gasteiger partial charge in [-0.2, -0.15) is 5.10 Å². The summed E-state index contributed by atoms with van der Waals surface area (Å²) in [5.74, 6) is -0.0859. The Kier molecular flexibility index (Phi) is 3.40. The van der Waals surface area contributed by atoms with Crippen LogP contribution in [0.2, 0.25) is 0 Å². The van der Waals surface area contributed by atoms with Crippen LogP contribution < -0.4 is 10.6 Å². The Balaban J connectivity index is 1.80. The lowest BCUT2D eigenvalue weighted by atomic mass is 10.0. The zero-order valence-electron chi connectivity index (χ0n) is 11.8. The summed E-state index contributed by atoms with van der Waals surface area (Å²) < 4.78 is 1.63. The van der Waals surface area contributed by atoms with Crippen molar-refractivity contribution in [1.29, 1.82) is 0 Å². The Bertz CT molecular complexity index is 636. The molecule has 0 bridgehead atoms. The molecule has 3 heterocycles. The fourth-order valence-electron chi connectivity index (χ4n) is 2.65. The Morgan fingerprint density at radius 2 is 2.40 bits per heavy atom. The predicted molar refractivity (Wildman–Crippen MR) is 75.7 cm³/mol. The number of aromatic nitrogens is 3. The monoisotopic (exact) mass is 273 g/mol. The number of hydrogen-bond acceptors (Lipinski definition) is 4. The van der Waals surface area contributed by atoms with Gasteiger partial charge in [-0.25, -0.2) is 9.50 Å². The highest BCUT2D eigenvalue weighted by atomic mass is 16.1. The topological polar surface area (TPSA) is 71.3 Å². The van der Waals surface area contributed by atoms with Gasteiger partial charge in [0.05, 0.1) is 6.20 Å². The van der Waals surface area contributed by atoms with Gasteiger partial charge in [-0.1, -0.05) is 0 Å². The highest BCUT2D eigenvalue weighted by molar-refractivity contribution is 5.99. The molecule has 2 aromatic heterocycles. The van der Waals surface area contributed by atoms with E-state index in [1.807, 2.05) is 19.2 Å². The maximum Gasteiger partial charge on any atom is 0.256 e. The molecule has 0 aromatic carbocycles. The van der Waals surface area contributed by atoms with E-state index in [0.29, 0.717) is 17.3 Å². The first-order valence-corrected chi connectivity index (χ1v) is 6.99. The van der Waals surface area contributed by atoms with Gasteiger partial charge in [0.1, 0.15) is 5.56 Å². The number of fused-ring (bicyclic) bond motifs is 1. The lowest BCUT2D eigenvalue weighted by molar-refractivity contribution is 0.0927. The second-order valence-electron chi connectivity index (χ2n) is 5.45. The maximum atomic E-state index is 12.4. The van der Waals surface area contributed by atoms with Gasteiger partial charge in [-0.3, -0.25) is 4.79 Å². The highest BCUT2D eigenvalue weighted by Gasteiger charge is 2.22. The summed E-state index contributed by atoms with van der Waals surface area (Å²) in [7, 11) is 0. The minimum atomic E-state index is -0.0859. The molecule has 1 amide bonds. The second kappa shape index (κ2) is 5.20. The van der Waals surface area contributed by atoms with Gasteiger partial charge < -0.3 is 10.6 Å². The molecule has 0 radical (unpaired) electrons. The predicted octanol–water partition coefficient (Wildman–Crippen LogP) is 0.908. The zero-order valence-corrected chi connectivity index (χ0v) is 11.8. The minimum Gasteiger partial charge on any atom is -0.349 e. The van der Waals surface area contributed by atoms with Crippen molar-refractivity contribution in [2.75, 3.05) is 6.54 Å². The van der Waals surface area contributed by atoms with E-state index in [2.05, 4.69) is 27.6 Å². The SMILES string of the molecule is Cc1ccn2ncc(C(=O)NC3CCNC(C)C3)c2n1. The standard InChI is InChI=1S/C14H19N5O/c1-9-4-6-19-13(17-9)12(8-16-19)14(20)18-11-3-5-15-10(2)7-11/h4,6,8,10-11,15H,3,5,7H2,1-2H3,(H,18,20).